The second kappa shape index (κ2) is 7.45. The van der Waals surface area contributed by atoms with Crippen molar-refractivity contribution >= 4 is 5.82 Å². The molecule has 1 unspecified atom stereocenters. The molecule has 1 aromatic carbocycles. The van der Waals surface area contributed by atoms with Crippen LogP contribution in [0.3, 0.4) is 0 Å². The van der Waals surface area contributed by atoms with E-state index in [1.165, 1.54) is 5.56 Å². The summed E-state index contributed by atoms with van der Waals surface area (Å²) < 4.78 is 6.18. The molecule has 27 heavy (non-hydrogen) atoms. The van der Waals surface area contributed by atoms with Crippen LogP contribution in [0.4, 0.5) is 5.82 Å². The van der Waals surface area contributed by atoms with Crippen LogP contribution >= 0.6 is 0 Å². The van der Waals surface area contributed by atoms with Gasteiger partial charge >= 0.3 is 0 Å². The predicted octanol–water partition coefficient (Wildman–Crippen LogP) is 3.85. The zero-order valence-corrected chi connectivity index (χ0v) is 15.8. The standard InChI is InChI=1S/C22H24N4O/c1-3-18-15-20(25-21(24-18)19-11-7-8-12-23-19)26-13-14-27-22(2,16-26)17-9-5-4-6-10-17/h4-12,15H,3,13-14,16H2,1-2H3. The molecular formula is C22H24N4O. The highest BCUT2D eigenvalue weighted by Gasteiger charge is 2.34. The first kappa shape index (κ1) is 17.6. The molecule has 5 nitrogen and oxygen atoms in total. The third-order valence-corrected chi connectivity index (χ3v) is 5.00. The lowest BCUT2D eigenvalue weighted by Gasteiger charge is -2.41. The molecule has 0 saturated carbocycles. The first-order valence-corrected chi connectivity index (χ1v) is 9.42. The lowest BCUT2D eigenvalue weighted by Crippen LogP contribution is -2.48. The van der Waals surface area contributed by atoms with Crippen LogP contribution in [-0.4, -0.2) is 34.6 Å². The van der Waals surface area contributed by atoms with Gasteiger partial charge in [-0.05, 0) is 31.0 Å². The number of ether oxygens (including phenoxy) is 1. The quantitative estimate of drug-likeness (QED) is 0.707. The number of hydrogen-bond donors (Lipinski definition) is 0. The smallest absolute Gasteiger partial charge is 0.180 e. The molecule has 1 aliphatic heterocycles. The Morgan fingerprint density at radius 1 is 1.07 bits per heavy atom. The second-order valence-electron chi connectivity index (χ2n) is 6.98. The van der Waals surface area contributed by atoms with Crippen LogP contribution in [-0.2, 0) is 16.8 Å². The van der Waals surface area contributed by atoms with Gasteiger partial charge in [-0.15, -0.1) is 0 Å². The van der Waals surface area contributed by atoms with Crippen LogP contribution in [0.5, 0.6) is 0 Å². The van der Waals surface area contributed by atoms with Crippen molar-refractivity contribution in [2.24, 2.45) is 0 Å². The molecule has 0 amide bonds. The summed E-state index contributed by atoms with van der Waals surface area (Å²) in [5, 5.41) is 0. The van der Waals surface area contributed by atoms with E-state index in [9.17, 15) is 0 Å². The largest absolute Gasteiger partial charge is 0.367 e. The zero-order chi connectivity index (χ0) is 18.7. The number of benzene rings is 1. The summed E-state index contributed by atoms with van der Waals surface area (Å²) in [7, 11) is 0. The lowest BCUT2D eigenvalue weighted by molar-refractivity contribution is -0.0468. The Morgan fingerprint density at radius 3 is 2.63 bits per heavy atom. The fraction of sp³-hybridized carbons (Fsp3) is 0.318. The van der Waals surface area contributed by atoms with Crippen molar-refractivity contribution in [3.63, 3.8) is 0 Å². The fourth-order valence-electron chi connectivity index (χ4n) is 3.47. The number of aryl methyl sites for hydroxylation is 1. The third-order valence-electron chi connectivity index (χ3n) is 5.00. The summed E-state index contributed by atoms with van der Waals surface area (Å²) in [5.74, 6) is 1.62. The summed E-state index contributed by atoms with van der Waals surface area (Å²) in [5.41, 5.74) is 2.65. The van der Waals surface area contributed by atoms with Crippen LogP contribution in [0.2, 0.25) is 0 Å². The summed E-state index contributed by atoms with van der Waals surface area (Å²) in [4.78, 5) is 16.2. The molecule has 4 rings (SSSR count). The average molecular weight is 360 g/mol. The number of aromatic nitrogens is 3. The predicted molar refractivity (Wildman–Crippen MR) is 107 cm³/mol. The lowest BCUT2D eigenvalue weighted by atomic mass is 9.94. The minimum absolute atomic E-state index is 0.359. The molecule has 3 aromatic rings. The minimum atomic E-state index is -0.359. The maximum atomic E-state index is 6.18. The van der Waals surface area contributed by atoms with Gasteiger partial charge in [0.05, 0.1) is 13.2 Å². The fourth-order valence-corrected chi connectivity index (χ4v) is 3.47. The van der Waals surface area contributed by atoms with Crippen molar-refractivity contribution in [2.45, 2.75) is 25.9 Å². The number of anilines is 1. The molecule has 0 bridgehead atoms. The molecule has 2 aromatic heterocycles. The number of pyridine rings is 1. The van der Waals surface area contributed by atoms with E-state index in [0.29, 0.717) is 12.4 Å². The van der Waals surface area contributed by atoms with Crippen molar-refractivity contribution in [3.05, 3.63) is 72.1 Å². The van der Waals surface area contributed by atoms with E-state index in [1.807, 2.05) is 24.3 Å². The van der Waals surface area contributed by atoms with E-state index < -0.39 is 0 Å². The van der Waals surface area contributed by atoms with Crippen LogP contribution in [0, 0.1) is 0 Å². The summed E-state index contributed by atoms with van der Waals surface area (Å²) in [6.07, 6.45) is 2.63. The maximum Gasteiger partial charge on any atom is 0.180 e. The van der Waals surface area contributed by atoms with Gasteiger partial charge in [-0.3, -0.25) is 4.98 Å². The van der Waals surface area contributed by atoms with Crippen LogP contribution < -0.4 is 4.90 Å². The van der Waals surface area contributed by atoms with E-state index >= 15 is 0 Å². The van der Waals surface area contributed by atoms with Gasteiger partial charge in [0.15, 0.2) is 5.82 Å². The van der Waals surface area contributed by atoms with Crippen molar-refractivity contribution < 1.29 is 4.74 Å². The SMILES string of the molecule is CCc1cc(N2CCOC(C)(c3ccccc3)C2)nc(-c2ccccn2)n1. The van der Waals surface area contributed by atoms with Crippen molar-refractivity contribution in [1.29, 1.82) is 0 Å². The zero-order valence-electron chi connectivity index (χ0n) is 15.8. The topological polar surface area (TPSA) is 51.1 Å². The second-order valence-corrected chi connectivity index (χ2v) is 6.98. The van der Waals surface area contributed by atoms with E-state index in [0.717, 1.165) is 36.7 Å². The third kappa shape index (κ3) is 3.69. The Kier molecular flexibility index (Phi) is 4.86. The maximum absolute atomic E-state index is 6.18. The highest BCUT2D eigenvalue weighted by molar-refractivity contribution is 5.54. The first-order chi connectivity index (χ1) is 13.2. The summed E-state index contributed by atoms with van der Waals surface area (Å²) in [6, 6.07) is 18.3. The molecule has 0 N–H and O–H groups in total. The Morgan fingerprint density at radius 2 is 1.89 bits per heavy atom. The van der Waals surface area contributed by atoms with Crippen molar-refractivity contribution in [2.75, 3.05) is 24.6 Å². The van der Waals surface area contributed by atoms with Crippen molar-refractivity contribution in [1.82, 2.24) is 15.0 Å². The average Bonchev–Trinajstić information content (AvgIpc) is 2.74. The molecule has 1 fully saturated rings. The molecule has 3 heterocycles. The molecule has 1 aliphatic rings. The van der Waals surface area contributed by atoms with Gasteiger partial charge in [-0.25, -0.2) is 9.97 Å². The van der Waals surface area contributed by atoms with Crippen LogP contribution in [0.1, 0.15) is 25.1 Å². The first-order valence-electron chi connectivity index (χ1n) is 9.42. The van der Waals surface area contributed by atoms with Gasteiger partial charge in [0.1, 0.15) is 17.1 Å². The molecule has 0 radical (unpaired) electrons. The van der Waals surface area contributed by atoms with Crippen LogP contribution in [0.25, 0.3) is 11.5 Å². The van der Waals surface area contributed by atoms with E-state index in [4.69, 9.17) is 9.72 Å². The number of hydrogen-bond acceptors (Lipinski definition) is 5. The number of nitrogens with zero attached hydrogens (tertiary/aromatic N) is 4. The summed E-state index contributed by atoms with van der Waals surface area (Å²) in [6.45, 7) is 6.48. The van der Waals surface area contributed by atoms with Gasteiger partial charge in [-0.1, -0.05) is 43.3 Å². The molecule has 0 spiro atoms. The van der Waals surface area contributed by atoms with Gasteiger partial charge in [0.25, 0.3) is 0 Å². The van der Waals surface area contributed by atoms with E-state index in [2.05, 4.69) is 59.0 Å². The van der Waals surface area contributed by atoms with Crippen LogP contribution in [0.15, 0.2) is 60.8 Å². The molecule has 1 atom stereocenters. The highest BCUT2D eigenvalue weighted by atomic mass is 16.5. The molecule has 138 valence electrons. The molecule has 5 heteroatoms. The Bertz CT molecular complexity index is 901. The number of rotatable bonds is 4. The van der Waals surface area contributed by atoms with Gasteiger partial charge in [-0.2, -0.15) is 0 Å². The Hall–Kier alpha value is -2.79. The molecule has 0 aliphatic carbocycles. The van der Waals surface area contributed by atoms with E-state index in [1.54, 1.807) is 6.20 Å². The van der Waals surface area contributed by atoms with Gasteiger partial charge in [0.2, 0.25) is 0 Å². The minimum Gasteiger partial charge on any atom is -0.367 e. The molecule has 1 saturated heterocycles. The monoisotopic (exact) mass is 360 g/mol. The highest BCUT2D eigenvalue weighted by Crippen LogP contribution is 2.31. The van der Waals surface area contributed by atoms with Gasteiger partial charge in [0, 0.05) is 24.5 Å². The molecular weight excluding hydrogens is 336 g/mol. The summed E-state index contributed by atoms with van der Waals surface area (Å²) >= 11 is 0. The normalized spacial score (nSPS) is 19.9. The van der Waals surface area contributed by atoms with E-state index in [-0.39, 0.29) is 5.60 Å². The Balaban J connectivity index is 1.68. The number of morpholine rings is 1. The Labute approximate surface area is 160 Å². The van der Waals surface area contributed by atoms with Crippen molar-refractivity contribution in [3.8, 4) is 11.5 Å². The van der Waals surface area contributed by atoms with Gasteiger partial charge < -0.3 is 9.64 Å².